The van der Waals surface area contributed by atoms with Crippen LogP contribution in [0, 0.1) is 0 Å². The fourth-order valence-corrected chi connectivity index (χ4v) is 2.75. The Hall–Kier alpha value is -0.810. The Kier molecular flexibility index (Phi) is 5.27. The molecular weight excluding hydrogens is 297 g/mol. The first-order chi connectivity index (χ1) is 9.50. The van der Waals surface area contributed by atoms with Crippen molar-refractivity contribution in [3.05, 3.63) is 33.8 Å². The predicted octanol–water partition coefficient (Wildman–Crippen LogP) is 1.86. The normalized spacial score (nSPS) is 19.9. The molecule has 0 aromatic heterocycles. The summed E-state index contributed by atoms with van der Waals surface area (Å²) in [7, 11) is 3.56. The molecule has 0 spiro atoms. The zero-order chi connectivity index (χ0) is 14.7. The van der Waals surface area contributed by atoms with Crippen molar-refractivity contribution in [2.24, 2.45) is 0 Å². The van der Waals surface area contributed by atoms with Crippen LogP contribution < -0.4 is 5.32 Å². The molecule has 1 saturated heterocycles. The minimum absolute atomic E-state index is 0.107. The van der Waals surface area contributed by atoms with Crippen LogP contribution in [0.4, 0.5) is 0 Å². The number of piperazine rings is 1. The lowest BCUT2D eigenvalue weighted by Crippen LogP contribution is -2.57. The second-order valence-electron chi connectivity index (χ2n) is 5.14. The maximum atomic E-state index is 12.2. The fraction of sp³-hybridized carbons (Fsp3) is 0.500. The van der Waals surface area contributed by atoms with E-state index in [-0.39, 0.29) is 11.9 Å². The van der Waals surface area contributed by atoms with Gasteiger partial charge in [0.1, 0.15) is 6.04 Å². The molecule has 20 heavy (non-hydrogen) atoms. The van der Waals surface area contributed by atoms with Crippen molar-refractivity contribution in [1.82, 2.24) is 15.1 Å². The lowest BCUT2D eigenvalue weighted by atomic mass is 10.1. The average molecular weight is 316 g/mol. The molecule has 4 nitrogen and oxygen atoms in total. The summed E-state index contributed by atoms with van der Waals surface area (Å²) in [6.07, 6.45) is 0. The number of benzene rings is 1. The number of hydrogen-bond acceptors (Lipinski definition) is 3. The molecule has 0 saturated carbocycles. The van der Waals surface area contributed by atoms with E-state index in [9.17, 15) is 4.79 Å². The molecular formula is C14H19Cl2N3O. The van der Waals surface area contributed by atoms with E-state index >= 15 is 0 Å². The molecule has 1 aliphatic heterocycles. The molecule has 6 heteroatoms. The molecule has 1 aromatic carbocycles. The van der Waals surface area contributed by atoms with E-state index in [4.69, 9.17) is 23.2 Å². The third kappa shape index (κ3) is 3.44. The topological polar surface area (TPSA) is 35.6 Å². The maximum absolute atomic E-state index is 12.2. The second-order valence-corrected chi connectivity index (χ2v) is 5.92. The van der Waals surface area contributed by atoms with E-state index in [0.717, 1.165) is 18.7 Å². The number of nitrogens with zero attached hydrogens (tertiary/aromatic N) is 2. The van der Waals surface area contributed by atoms with Crippen LogP contribution in [0.25, 0.3) is 0 Å². The summed E-state index contributed by atoms with van der Waals surface area (Å²) in [6, 6.07) is 5.45. The number of amides is 1. The van der Waals surface area contributed by atoms with Crippen LogP contribution in [-0.2, 0) is 11.3 Å². The smallest absolute Gasteiger partial charge is 0.240 e. The molecule has 1 heterocycles. The summed E-state index contributed by atoms with van der Waals surface area (Å²) in [5.74, 6) is 0.107. The van der Waals surface area contributed by atoms with Crippen LogP contribution >= 0.6 is 23.2 Å². The highest BCUT2D eigenvalue weighted by Gasteiger charge is 2.30. The highest BCUT2D eigenvalue weighted by atomic mass is 35.5. The molecule has 0 bridgehead atoms. The summed E-state index contributed by atoms with van der Waals surface area (Å²) >= 11 is 12.3. The van der Waals surface area contributed by atoms with Gasteiger partial charge in [-0.25, -0.2) is 0 Å². The lowest BCUT2D eigenvalue weighted by molar-refractivity contribution is -0.135. The first-order valence-corrected chi connectivity index (χ1v) is 7.35. The van der Waals surface area contributed by atoms with E-state index in [1.165, 1.54) is 0 Å². The Morgan fingerprint density at radius 1 is 1.45 bits per heavy atom. The summed E-state index contributed by atoms with van der Waals surface area (Å²) < 4.78 is 0. The van der Waals surface area contributed by atoms with Crippen molar-refractivity contribution in [2.45, 2.75) is 12.6 Å². The summed E-state index contributed by atoms with van der Waals surface area (Å²) in [4.78, 5) is 16.0. The number of hydrogen-bond donors (Lipinski definition) is 1. The van der Waals surface area contributed by atoms with Gasteiger partial charge in [-0.1, -0.05) is 35.3 Å². The number of halogens is 2. The minimum atomic E-state index is -0.159. The zero-order valence-corrected chi connectivity index (χ0v) is 13.2. The van der Waals surface area contributed by atoms with Gasteiger partial charge in [-0.2, -0.15) is 0 Å². The van der Waals surface area contributed by atoms with Gasteiger partial charge in [0.2, 0.25) is 5.91 Å². The molecule has 1 amide bonds. The van der Waals surface area contributed by atoms with Crippen LogP contribution in [0.1, 0.15) is 5.56 Å². The van der Waals surface area contributed by atoms with Crippen LogP contribution in [0.5, 0.6) is 0 Å². The molecule has 0 aliphatic carbocycles. The standard InChI is InChI=1S/C14H19Cl2N3O/c1-18(2)14(20)12-8-17-6-7-19(12)9-10-4-3-5-11(15)13(10)16/h3-5,12,17H,6-9H2,1-2H3. The molecule has 110 valence electrons. The van der Waals surface area contributed by atoms with Gasteiger partial charge in [-0.3, -0.25) is 9.69 Å². The first kappa shape index (κ1) is 15.6. The van der Waals surface area contributed by atoms with Gasteiger partial charge in [-0.15, -0.1) is 0 Å². The third-order valence-electron chi connectivity index (χ3n) is 3.49. The van der Waals surface area contributed by atoms with E-state index in [0.29, 0.717) is 23.1 Å². The quantitative estimate of drug-likeness (QED) is 0.924. The number of carbonyl (C=O) groups is 1. The van der Waals surface area contributed by atoms with E-state index in [1.807, 2.05) is 12.1 Å². The Balaban J connectivity index is 2.16. The molecule has 1 unspecified atom stereocenters. The highest BCUT2D eigenvalue weighted by molar-refractivity contribution is 6.42. The van der Waals surface area contributed by atoms with Crippen molar-refractivity contribution in [1.29, 1.82) is 0 Å². The summed E-state index contributed by atoms with van der Waals surface area (Å²) in [6.45, 7) is 2.98. The van der Waals surface area contributed by atoms with Gasteiger partial charge in [0.25, 0.3) is 0 Å². The van der Waals surface area contributed by atoms with E-state index in [2.05, 4.69) is 10.2 Å². The average Bonchev–Trinajstić information content (AvgIpc) is 2.43. The van der Waals surface area contributed by atoms with Gasteiger partial charge in [0.15, 0.2) is 0 Å². The first-order valence-electron chi connectivity index (χ1n) is 6.59. The minimum Gasteiger partial charge on any atom is -0.347 e. The van der Waals surface area contributed by atoms with Crippen molar-refractivity contribution in [3.63, 3.8) is 0 Å². The largest absolute Gasteiger partial charge is 0.347 e. The fourth-order valence-electron chi connectivity index (χ4n) is 2.37. The van der Waals surface area contributed by atoms with Crippen molar-refractivity contribution in [2.75, 3.05) is 33.7 Å². The third-order valence-corrected chi connectivity index (χ3v) is 4.34. The lowest BCUT2D eigenvalue weighted by Gasteiger charge is -2.36. The van der Waals surface area contributed by atoms with Crippen LogP contribution in [0.2, 0.25) is 10.0 Å². The Bertz CT molecular complexity index is 493. The number of nitrogens with one attached hydrogen (secondary N) is 1. The monoisotopic (exact) mass is 315 g/mol. The highest BCUT2D eigenvalue weighted by Crippen LogP contribution is 2.27. The van der Waals surface area contributed by atoms with Gasteiger partial charge in [0.05, 0.1) is 10.0 Å². The molecule has 1 aliphatic rings. The van der Waals surface area contributed by atoms with E-state index in [1.54, 1.807) is 25.1 Å². The zero-order valence-electron chi connectivity index (χ0n) is 11.7. The van der Waals surface area contributed by atoms with E-state index < -0.39 is 0 Å². The molecule has 1 N–H and O–H groups in total. The molecule has 0 radical (unpaired) electrons. The Labute approximate surface area is 129 Å². The molecule has 1 atom stereocenters. The van der Waals surface area contributed by atoms with Crippen molar-refractivity contribution >= 4 is 29.1 Å². The Morgan fingerprint density at radius 2 is 2.20 bits per heavy atom. The Morgan fingerprint density at radius 3 is 2.90 bits per heavy atom. The van der Waals surface area contributed by atoms with Crippen LogP contribution in [-0.4, -0.2) is 55.5 Å². The maximum Gasteiger partial charge on any atom is 0.240 e. The predicted molar refractivity (Wildman–Crippen MR) is 82.2 cm³/mol. The van der Waals surface area contributed by atoms with Gasteiger partial charge in [-0.05, 0) is 11.6 Å². The summed E-state index contributed by atoms with van der Waals surface area (Å²) in [5.41, 5.74) is 0.956. The second kappa shape index (κ2) is 6.76. The van der Waals surface area contributed by atoms with Crippen molar-refractivity contribution in [3.8, 4) is 0 Å². The van der Waals surface area contributed by atoms with Gasteiger partial charge >= 0.3 is 0 Å². The SMILES string of the molecule is CN(C)C(=O)C1CNCCN1Cc1cccc(Cl)c1Cl. The van der Waals surface area contributed by atoms with Gasteiger partial charge in [0, 0.05) is 40.3 Å². The summed E-state index contributed by atoms with van der Waals surface area (Å²) in [5, 5.41) is 4.39. The molecule has 1 fully saturated rings. The number of carbonyl (C=O) groups excluding carboxylic acids is 1. The number of likely N-dealkylation sites (N-methyl/N-ethyl adjacent to an activating group) is 1. The molecule has 1 aromatic rings. The van der Waals surface area contributed by atoms with Crippen molar-refractivity contribution < 1.29 is 4.79 Å². The van der Waals surface area contributed by atoms with Gasteiger partial charge < -0.3 is 10.2 Å². The van der Waals surface area contributed by atoms with Crippen LogP contribution in [0.3, 0.4) is 0 Å². The number of rotatable bonds is 3. The van der Waals surface area contributed by atoms with Crippen LogP contribution in [0.15, 0.2) is 18.2 Å². The molecule has 2 rings (SSSR count).